The highest BCUT2D eigenvalue weighted by Crippen LogP contribution is 2.16. The molecule has 1 aromatic heterocycles. The second-order valence-corrected chi connectivity index (χ2v) is 5.06. The van der Waals surface area contributed by atoms with Gasteiger partial charge in [0.2, 0.25) is 11.5 Å². The predicted octanol–water partition coefficient (Wildman–Crippen LogP) is 0.338. The molecule has 0 bridgehead atoms. The average molecular weight is 279 g/mol. The molecule has 1 aliphatic heterocycles. The van der Waals surface area contributed by atoms with Gasteiger partial charge in [-0.05, 0) is 19.0 Å². The smallest absolute Gasteiger partial charge is 0.250 e. The van der Waals surface area contributed by atoms with Gasteiger partial charge in [-0.1, -0.05) is 6.92 Å². The first-order chi connectivity index (χ1) is 9.61. The van der Waals surface area contributed by atoms with Crippen molar-refractivity contribution in [2.75, 3.05) is 25.1 Å². The van der Waals surface area contributed by atoms with Crippen LogP contribution in [0.4, 0.5) is 5.69 Å². The van der Waals surface area contributed by atoms with E-state index in [0.29, 0.717) is 18.9 Å². The Balaban J connectivity index is 1.99. The summed E-state index contributed by atoms with van der Waals surface area (Å²) in [6.07, 6.45) is 2.64. The van der Waals surface area contributed by atoms with Crippen LogP contribution < -0.4 is 16.2 Å². The number of pyridine rings is 1. The highest BCUT2D eigenvalue weighted by Gasteiger charge is 2.33. The lowest BCUT2D eigenvalue weighted by Gasteiger charge is -2.18. The lowest BCUT2D eigenvalue weighted by Crippen LogP contribution is -2.41. The molecule has 1 aromatic rings. The van der Waals surface area contributed by atoms with Crippen molar-refractivity contribution >= 4 is 11.6 Å². The normalized spacial score (nSPS) is 21.9. The van der Waals surface area contributed by atoms with Crippen LogP contribution in [0.3, 0.4) is 0 Å². The van der Waals surface area contributed by atoms with Crippen molar-refractivity contribution in [3.05, 3.63) is 28.7 Å². The zero-order valence-corrected chi connectivity index (χ0v) is 11.9. The summed E-state index contributed by atoms with van der Waals surface area (Å²) in [5, 5.41) is 6.17. The fourth-order valence-electron chi connectivity index (χ4n) is 2.25. The fraction of sp³-hybridized carbons (Fsp3) is 0.571. The molecule has 0 radical (unpaired) electrons. The Morgan fingerprint density at radius 3 is 2.95 bits per heavy atom. The second-order valence-electron chi connectivity index (χ2n) is 5.06. The van der Waals surface area contributed by atoms with E-state index in [1.165, 1.54) is 10.6 Å². The molecule has 2 unspecified atom stereocenters. The van der Waals surface area contributed by atoms with Gasteiger partial charge in [0.1, 0.15) is 0 Å². The highest BCUT2D eigenvalue weighted by atomic mass is 16.5. The Labute approximate surface area is 118 Å². The first-order valence-electron chi connectivity index (χ1n) is 6.90. The average Bonchev–Trinajstić information content (AvgIpc) is 2.89. The van der Waals surface area contributed by atoms with Crippen LogP contribution in [0, 0.1) is 5.92 Å². The lowest BCUT2D eigenvalue weighted by atomic mass is 10.0. The summed E-state index contributed by atoms with van der Waals surface area (Å²) in [5.74, 6) is -0.270. The quantitative estimate of drug-likeness (QED) is 0.815. The second kappa shape index (κ2) is 6.67. The van der Waals surface area contributed by atoms with Crippen LogP contribution in [0.2, 0.25) is 0 Å². The van der Waals surface area contributed by atoms with Crippen LogP contribution in [-0.2, 0) is 16.6 Å². The van der Waals surface area contributed by atoms with Crippen molar-refractivity contribution in [1.82, 2.24) is 9.88 Å². The molecular formula is C14H21N3O3. The van der Waals surface area contributed by atoms with E-state index >= 15 is 0 Å². The maximum atomic E-state index is 12.3. The summed E-state index contributed by atoms with van der Waals surface area (Å²) in [5.41, 5.74) is 0.521. The van der Waals surface area contributed by atoms with Crippen molar-refractivity contribution < 1.29 is 9.53 Å². The number of anilines is 1. The number of amides is 1. The molecule has 2 rings (SSSR count). The number of aryl methyl sites for hydroxylation is 1. The van der Waals surface area contributed by atoms with Crippen molar-refractivity contribution in [3.63, 3.8) is 0 Å². The van der Waals surface area contributed by atoms with Crippen molar-refractivity contribution in [2.24, 2.45) is 13.0 Å². The third-order valence-corrected chi connectivity index (χ3v) is 3.43. The van der Waals surface area contributed by atoms with E-state index in [1.807, 2.05) is 0 Å². The van der Waals surface area contributed by atoms with Gasteiger partial charge in [0, 0.05) is 25.4 Å². The van der Waals surface area contributed by atoms with Crippen molar-refractivity contribution in [1.29, 1.82) is 0 Å². The first-order valence-corrected chi connectivity index (χ1v) is 6.90. The summed E-state index contributed by atoms with van der Waals surface area (Å²) in [6, 6.07) is 3.11. The molecule has 1 fully saturated rings. The molecule has 2 heterocycles. The number of ether oxygens (including phenoxy) is 1. The molecule has 1 amide bonds. The largest absolute Gasteiger partial charge is 0.379 e. The molecule has 0 spiro atoms. The van der Waals surface area contributed by atoms with E-state index in [1.54, 1.807) is 19.3 Å². The molecule has 6 heteroatoms. The van der Waals surface area contributed by atoms with Crippen LogP contribution in [0.1, 0.15) is 13.3 Å². The van der Waals surface area contributed by atoms with Gasteiger partial charge in [0.15, 0.2) is 0 Å². The van der Waals surface area contributed by atoms with Crippen LogP contribution in [0.15, 0.2) is 23.1 Å². The van der Waals surface area contributed by atoms with E-state index in [2.05, 4.69) is 17.6 Å². The van der Waals surface area contributed by atoms with Gasteiger partial charge < -0.3 is 19.9 Å². The Bertz CT molecular complexity index is 527. The number of carbonyl (C=O) groups is 1. The van der Waals surface area contributed by atoms with Crippen molar-refractivity contribution in [3.8, 4) is 0 Å². The van der Waals surface area contributed by atoms with E-state index in [9.17, 15) is 9.59 Å². The van der Waals surface area contributed by atoms with E-state index in [4.69, 9.17) is 4.74 Å². The molecule has 2 atom stereocenters. The Kier molecular flexibility index (Phi) is 4.92. The Hall–Kier alpha value is -1.66. The molecule has 20 heavy (non-hydrogen) atoms. The third kappa shape index (κ3) is 3.46. The maximum absolute atomic E-state index is 12.3. The molecule has 2 N–H and O–H groups in total. The predicted molar refractivity (Wildman–Crippen MR) is 76.7 cm³/mol. The lowest BCUT2D eigenvalue weighted by molar-refractivity contribution is -0.120. The van der Waals surface area contributed by atoms with E-state index < -0.39 is 0 Å². The standard InChI is InChI=1S/C14H21N3O3/c1-3-6-15-12-9-20-8-11(12)14(19)16-10-4-5-13(18)17(2)7-10/h4-5,7,11-12,15H,3,6,8-9H2,1-2H3,(H,16,19). The first kappa shape index (κ1) is 14.7. The van der Waals surface area contributed by atoms with Gasteiger partial charge in [-0.25, -0.2) is 0 Å². The topological polar surface area (TPSA) is 72.4 Å². The van der Waals surface area contributed by atoms with Gasteiger partial charge in [-0.2, -0.15) is 0 Å². The van der Waals surface area contributed by atoms with Gasteiger partial charge in [0.25, 0.3) is 0 Å². The molecule has 0 saturated carbocycles. The van der Waals surface area contributed by atoms with Gasteiger partial charge >= 0.3 is 0 Å². The number of nitrogens with one attached hydrogen (secondary N) is 2. The number of hydrogen-bond donors (Lipinski definition) is 2. The van der Waals surface area contributed by atoms with Crippen LogP contribution in [0.25, 0.3) is 0 Å². The molecular weight excluding hydrogens is 258 g/mol. The minimum absolute atomic E-state index is 0.0579. The fourth-order valence-corrected chi connectivity index (χ4v) is 2.25. The Morgan fingerprint density at radius 2 is 2.25 bits per heavy atom. The molecule has 1 saturated heterocycles. The van der Waals surface area contributed by atoms with E-state index in [0.717, 1.165) is 13.0 Å². The SMILES string of the molecule is CCCNC1COCC1C(=O)Nc1ccc(=O)n(C)c1. The maximum Gasteiger partial charge on any atom is 0.250 e. The van der Waals surface area contributed by atoms with E-state index in [-0.39, 0.29) is 23.4 Å². The molecule has 0 aliphatic carbocycles. The van der Waals surface area contributed by atoms with Gasteiger partial charge in [0.05, 0.1) is 24.8 Å². The van der Waals surface area contributed by atoms with Crippen molar-refractivity contribution in [2.45, 2.75) is 19.4 Å². The number of hydrogen-bond acceptors (Lipinski definition) is 4. The monoisotopic (exact) mass is 279 g/mol. The molecule has 6 nitrogen and oxygen atoms in total. The number of carbonyl (C=O) groups excluding carboxylic acids is 1. The number of aromatic nitrogens is 1. The summed E-state index contributed by atoms with van der Waals surface area (Å²) in [4.78, 5) is 23.6. The number of rotatable bonds is 5. The molecule has 0 aromatic carbocycles. The summed E-state index contributed by atoms with van der Waals surface area (Å²) in [7, 11) is 1.66. The minimum atomic E-state index is -0.196. The van der Waals surface area contributed by atoms with Gasteiger partial charge in [-0.3, -0.25) is 9.59 Å². The molecule has 110 valence electrons. The van der Waals surface area contributed by atoms with Crippen LogP contribution >= 0.6 is 0 Å². The summed E-state index contributed by atoms with van der Waals surface area (Å²) < 4.78 is 6.83. The third-order valence-electron chi connectivity index (χ3n) is 3.43. The Morgan fingerprint density at radius 1 is 1.45 bits per heavy atom. The number of nitrogens with zero attached hydrogens (tertiary/aromatic N) is 1. The summed E-state index contributed by atoms with van der Waals surface area (Å²) in [6.45, 7) is 3.95. The minimum Gasteiger partial charge on any atom is -0.379 e. The zero-order chi connectivity index (χ0) is 14.5. The highest BCUT2D eigenvalue weighted by molar-refractivity contribution is 5.93. The van der Waals surface area contributed by atoms with Crippen LogP contribution in [-0.4, -0.2) is 36.3 Å². The van der Waals surface area contributed by atoms with Crippen LogP contribution in [0.5, 0.6) is 0 Å². The van der Waals surface area contributed by atoms with Gasteiger partial charge in [-0.15, -0.1) is 0 Å². The summed E-state index contributed by atoms with van der Waals surface area (Å²) >= 11 is 0. The zero-order valence-electron chi connectivity index (χ0n) is 11.9. The molecule has 1 aliphatic rings.